The maximum absolute atomic E-state index is 5.31. The summed E-state index contributed by atoms with van der Waals surface area (Å²) in [4.78, 5) is 5.49. The Balaban J connectivity index is 0.00000264. The van der Waals surface area contributed by atoms with Gasteiger partial charge in [-0.25, -0.2) is 0 Å². The molecule has 126 valence electrons. The highest BCUT2D eigenvalue weighted by Gasteiger charge is 2.05. The quantitative estimate of drug-likeness (QED) is 0.406. The molecular weight excluding hydrogens is 425 g/mol. The number of nitrogens with zero attached hydrogens (tertiary/aromatic N) is 1. The topological polar surface area (TPSA) is 54.9 Å². The van der Waals surface area contributed by atoms with Gasteiger partial charge < -0.3 is 20.1 Å². The van der Waals surface area contributed by atoms with Gasteiger partial charge in [-0.2, -0.15) is 0 Å². The fourth-order valence-electron chi connectivity index (χ4n) is 1.98. The summed E-state index contributed by atoms with van der Waals surface area (Å²) < 4.78 is 10.5. The van der Waals surface area contributed by atoms with E-state index in [4.69, 9.17) is 9.47 Å². The first-order valence-electron chi connectivity index (χ1n) is 6.94. The Morgan fingerprint density at radius 1 is 1.09 bits per heavy atom. The van der Waals surface area contributed by atoms with E-state index >= 15 is 0 Å². The minimum Gasteiger partial charge on any atom is -0.493 e. The van der Waals surface area contributed by atoms with Gasteiger partial charge in [0, 0.05) is 18.5 Å². The van der Waals surface area contributed by atoms with Gasteiger partial charge in [0.2, 0.25) is 0 Å². The molecule has 0 saturated heterocycles. The first-order chi connectivity index (χ1) is 10.8. The lowest BCUT2D eigenvalue weighted by Gasteiger charge is -2.13. The van der Waals surface area contributed by atoms with Crippen LogP contribution in [0.5, 0.6) is 11.5 Å². The normalized spacial score (nSPS) is 10.7. The summed E-state index contributed by atoms with van der Waals surface area (Å²) in [6, 6.07) is 10.00. The molecule has 0 unspecified atom stereocenters. The Morgan fingerprint density at radius 3 is 2.43 bits per heavy atom. The largest absolute Gasteiger partial charge is 0.493 e. The van der Waals surface area contributed by atoms with Gasteiger partial charge in [-0.1, -0.05) is 12.1 Å². The third-order valence-electron chi connectivity index (χ3n) is 3.14. The summed E-state index contributed by atoms with van der Waals surface area (Å²) >= 11 is 1.72. The molecule has 1 aromatic heterocycles. The van der Waals surface area contributed by atoms with Gasteiger partial charge in [0.25, 0.3) is 0 Å². The lowest BCUT2D eigenvalue weighted by Crippen LogP contribution is -2.36. The van der Waals surface area contributed by atoms with E-state index in [-0.39, 0.29) is 24.0 Å². The van der Waals surface area contributed by atoms with Crippen molar-refractivity contribution < 1.29 is 9.47 Å². The number of aliphatic imine (C=N–C) groups is 1. The number of ether oxygens (including phenoxy) is 2. The highest BCUT2D eigenvalue weighted by molar-refractivity contribution is 14.0. The van der Waals surface area contributed by atoms with Crippen molar-refractivity contribution in [2.45, 2.75) is 13.1 Å². The minimum absolute atomic E-state index is 0. The van der Waals surface area contributed by atoms with Crippen LogP contribution in [0.15, 0.2) is 40.7 Å². The summed E-state index contributed by atoms with van der Waals surface area (Å²) in [6.07, 6.45) is 0. The molecule has 0 fully saturated rings. The monoisotopic (exact) mass is 447 g/mol. The summed E-state index contributed by atoms with van der Waals surface area (Å²) in [6.45, 7) is 1.42. The third kappa shape index (κ3) is 5.91. The summed E-state index contributed by atoms with van der Waals surface area (Å²) in [5.74, 6) is 2.22. The predicted octanol–water partition coefficient (Wildman–Crippen LogP) is 3.25. The van der Waals surface area contributed by atoms with Crippen LogP contribution in [0.2, 0.25) is 0 Å². The number of thiophene rings is 1. The minimum atomic E-state index is 0. The Labute approximate surface area is 158 Å². The maximum Gasteiger partial charge on any atom is 0.191 e. The number of nitrogens with one attached hydrogen (secondary N) is 2. The fourth-order valence-corrected chi connectivity index (χ4v) is 2.63. The summed E-state index contributed by atoms with van der Waals surface area (Å²) in [7, 11) is 5.03. The lowest BCUT2D eigenvalue weighted by atomic mass is 10.2. The van der Waals surface area contributed by atoms with Crippen LogP contribution in [0.1, 0.15) is 10.4 Å². The molecule has 0 radical (unpaired) electrons. The van der Waals surface area contributed by atoms with Crippen LogP contribution in [0.4, 0.5) is 0 Å². The Bertz CT molecular complexity index is 618. The van der Waals surface area contributed by atoms with Crippen molar-refractivity contribution in [3.8, 4) is 11.5 Å². The van der Waals surface area contributed by atoms with E-state index in [0.717, 1.165) is 29.6 Å². The van der Waals surface area contributed by atoms with Gasteiger partial charge in [-0.15, -0.1) is 35.3 Å². The highest BCUT2D eigenvalue weighted by Crippen LogP contribution is 2.27. The number of rotatable bonds is 6. The molecule has 23 heavy (non-hydrogen) atoms. The van der Waals surface area contributed by atoms with Gasteiger partial charge in [-0.05, 0) is 29.1 Å². The van der Waals surface area contributed by atoms with Crippen LogP contribution in [-0.2, 0) is 13.1 Å². The molecule has 0 bridgehead atoms. The van der Waals surface area contributed by atoms with Crippen LogP contribution in [0.3, 0.4) is 0 Å². The van der Waals surface area contributed by atoms with Gasteiger partial charge in [0.05, 0.1) is 20.8 Å². The van der Waals surface area contributed by atoms with Crippen molar-refractivity contribution >= 4 is 41.3 Å². The molecule has 1 aromatic carbocycles. The molecular formula is C16H22IN3O2S. The predicted molar refractivity (Wildman–Crippen MR) is 106 cm³/mol. The van der Waals surface area contributed by atoms with Crippen molar-refractivity contribution in [3.05, 3.63) is 46.2 Å². The fraction of sp³-hybridized carbons (Fsp3) is 0.312. The Morgan fingerprint density at radius 2 is 1.83 bits per heavy atom. The molecule has 0 amide bonds. The number of hydrogen-bond acceptors (Lipinski definition) is 4. The molecule has 5 nitrogen and oxygen atoms in total. The number of benzene rings is 1. The number of methoxy groups -OCH3 is 2. The Kier molecular flexibility index (Phi) is 8.78. The molecule has 0 spiro atoms. The molecule has 0 saturated carbocycles. The van der Waals surface area contributed by atoms with Crippen LogP contribution < -0.4 is 20.1 Å². The molecule has 1 heterocycles. The summed E-state index contributed by atoms with van der Waals surface area (Å²) in [5.41, 5.74) is 1.09. The standard InChI is InChI=1S/C16H21N3O2S.HI/c1-17-16(19-11-13-5-4-8-22-13)18-10-12-6-7-14(20-2)15(9-12)21-3;/h4-9H,10-11H2,1-3H3,(H2,17,18,19);1H. The third-order valence-corrected chi connectivity index (χ3v) is 4.02. The van der Waals surface area contributed by atoms with Gasteiger partial charge >= 0.3 is 0 Å². The van der Waals surface area contributed by atoms with Gasteiger partial charge in [-0.3, -0.25) is 4.99 Å². The van der Waals surface area contributed by atoms with Crippen molar-refractivity contribution in [1.29, 1.82) is 0 Å². The SMILES string of the molecule is CN=C(NCc1ccc(OC)c(OC)c1)NCc1cccs1.I. The molecule has 2 rings (SSSR count). The molecule has 0 aliphatic carbocycles. The first-order valence-corrected chi connectivity index (χ1v) is 7.82. The average Bonchev–Trinajstić information content (AvgIpc) is 3.08. The van der Waals surface area contributed by atoms with E-state index in [9.17, 15) is 0 Å². The van der Waals surface area contributed by atoms with E-state index < -0.39 is 0 Å². The van der Waals surface area contributed by atoms with Gasteiger partial charge in [0.1, 0.15) is 0 Å². The molecule has 0 aliphatic rings. The van der Waals surface area contributed by atoms with E-state index in [2.05, 4.69) is 27.1 Å². The molecule has 0 atom stereocenters. The molecule has 2 aromatic rings. The van der Waals surface area contributed by atoms with Gasteiger partial charge in [0.15, 0.2) is 17.5 Å². The van der Waals surface area contributed by atoms with Crippen molar-refractivity contribution in [1.82, 2.24) is 10.6 Å². The van der Waals surface area contributed by atoms with Crippen LogP contribution in [0.25, 0.3) is 0 Å². The van der Waals surface area contributed by atoms with E-state index in [1.807, 2.05) is 24.3 Å². The van der Waals surface area contributed by atoms with Crippen LogP contribution >= 0.6 is 35.3 Å². The molecule has 2 N–H and O–H groups in total. The smallest absolute Gasteiger partial charge is 0.191 e. The number of guanidine groups is 1. The summed E-state index contributed by atoms with van der Waals surface area (Å²) in [5, 5.41) is 8.64. The van der Waals surface area contributed by atoms with Crippen molar-refractivity contribution in [3.63, 3.8) is 0 Å². The van der Waals surface area contributed by atoms with E-state index in [1.54, 1.807) is 32.6 Å². The van der Waals surface area contributed by atoms with Crippen molar-refractivity contribution in [2.75, 3.05) is 21.3 Å². The lowest BCUT2D eigenvalue weighted by molar-refractivity contribution is 0.354. The number of halogens is 1. The van der Waals surface area contributed by atoms with Crippen molar-refractivity contribution in [2.24, 2.45) is 4.99 Å². The van der Waals surface area contributed by atoms with Crippen LogP contribution in [0, 0.1) is 0 Å². The second kappa shape index (κ2) is 10.3. The Hall–Kier alpha value is -1.48. The maximum atomic E-state index is 5.31. The molecule has 0 aliphatic heterocycles. The van der Waals surface area contributed by atoms with Crippen LogP contribution in [-0.4, -0.2) is 27.2 Å². The molecule has 7 heteroatoms. The average molecular weight is 447 g/mol. The zero-order valence-electron chi connectivity index (χ0n) is 13.5. The van der Waals surface area contributed by atoms with E-state index in [0.29, 0.717) is 6.54 Å². The first kappa shape index (κ1) is 19.6. The zero-order valence-corrected chi connectivity index (χ0v) is 16.6. The second-order valence-electron chi connectivity index (χ2n) is 4.55. The zero-order chi connectivity index (χ0) is 15.8. The number of hydrogen-bond donors (Lipinski definition) is 2. The van der Waals surface area contributed by atoms with E-state index in [1.165, 1.54) is 4.88 Å². The second-order valence-corrected chi connectivity index (χ2v) is 5.58. The highest BCUT2D eigenvalue weighted by atomic mass is 127.